The molecular weight excluding hydrogens is 378 g/mol. The second-order valence-corrected chi connectivity index (χ2v) is 6.50. The first-order valence-electron chi connectivity index (χ1n) is 7.21. The number of aryl methyl sites for hydroxylation is 1. The normalized spacial score (nSPS) is 10.9. The number of imidazole rings is 1. The summed E-state index contributed by atoms with van der Waals surface area (Å²) in [5.74, 6) is 0.756. The molecule has 3 aromatic rings. The van der Waals surface area contributed by atoms with Gasteiger partial charge in [-0.1, -0.05) is 39.7 Å². The standard InChI is InChI=1S/C17H15BrClN3O/c1-11-21-15-4-2-3-5-16(15)22(11)9-8-20-17(23)13-7-6-12(18)10-14(13)19/h2-7,10H,8-9H2,1H3,(H,20,23). The van der Waals surface area contributed by atoms with Crippen LogP contribution in [0.15, 0.2) is 46.9 Å². The highest BCUT2D eigenvalue weighted by molar-refractivity contribution is 9.10. The Balaban J connectivity index is 1.69. The molecule has 0 bridgehead atoms. The third kappa shape index (κ3) is 3.41. The number of nitrogens with one attached hydrogen (secondary N) is 1. The van der Waals surface area contributed by atoms with E-state index >= 15 is 0 Å². The van der Waals surface area contributed by atoms with Gasteiger partial charge >= 0.3 is 0 Å². The summed E-state index contributed by atoms with van der Waals surface area (Å²) in [5.41, 5.74) is 2.51. The Labute approximate surface area is 147 Å². The van der Waals surface area contributed by atoms with Crippen LogP contribution in [0.5, 0.6) is 0 Å². The lowest BCUT2D eigenvalue weighted by Gasteiger charge is -2.09. The zero-order valence-corrected chi connectivity index (χ0v) is 14.9. The lowest BCUT2D eigenvalue weighted by molar-refractivity contribution is 0.0952. The van der Waals surface area contributed by atoms with E-state index in [0.717, 1.165) is 21.3 Å². The molecule has 0 saturated carbocycles. The third-order valence-electron chi connectivity index (χ3n) is 3.64. The minimum absolute atomic E-state index is 0.176. The van der Waals surface area contributed by atoms with Gasteiger partial charge in [-0.25, -0.2) is 4.98 Å². The van der Waals surface area contributed by atoms with Crippen molar-refractivity contribution >= 4 is 44.5 Å². The first-order chi connectivity index (χ1) is 11.1. The van der Waals surface area contributed by atoms with Crippen molar-refractivity contribution in [1.82, 2.24) is 14.9 Å². The van der Waals surface area contributed by atoms with Gasteiger partial charge in [0.25, 0.3) is 5.91 Å². The molecule has 1 N–H and O–H groups in total. The van der Waals surface area contributed by atoms with Crippen molar-refractivity contribution in [1.29, 1.82) is 0 Å². The van der Waals surface area contributed by atoms with Gasteiger partial charge in [-0.2, -0.15) is 0 Å². The monoisotopic (exact) mass is 391 g/mol. The zero-order valence-electron chi connectivity index (χ0n) is 12.5. The second kappa shape index (κ2) is 6.72. The van der Waals surface area contributed by atoms with Crippen LogP contribution in [0.2, 0.25) is 5.02 Å². The molecule has 118 valence electrons. The number of rotatable bonds is 4. The average molecular weight is 393 g/mol. The Hall–Kier alpha value is -1.85. The summed E-state index contributed by atoms with van der Waals surface area (Å²) in [6.07, 6.45) is 0. The fourth-order valence-electron chi connectivity index (χ4n) is 2.53. The quantitative estimate of drug-likeness (QED) is 0.723. The van der Waals surface area contributed by atoms with Gasteiger partial charge in [0.05, 0.1) is 21.6 Å². The number of para-hydroxylation sites is 2. The number of carbonyl (C=O) groups excluding carboxylic acids is 1. The summed E-state index contributed by atoms with van der Waals surface area (Å²) in [6, 6.07) is 13.2. The number of halogens is 2. The molecule has 0 unspecified atom stereocenters. The van der Waals surface area contributed by atoms with Gasteiger partial charge in [-0.05, 0) is 37.3 Å². The van der Waals surface area contributed by atoms with E-state index in [1.54, 1.807) is 18.2 Å². The number of hydrogen-bond donors (Lipinski definition) is 1. The molecule has 0 aliphatic carbocycles. The van der Waals surface area contributed by atoms with Crippen molar-refractivity contribution in [2.45, 2.75) is 13.5 Å². The zero-order chi connectivity index (χ0) is 16.4. The number of hydrogen-bond acceptors (Lipinski definition) is 2. The minimum Gasteiger partial charge on any atom is -0.350 e. The smallest absolute Gasteiger partial charge is 0.252 e. The highest BCUT2D eigenvalue weighted by Crippen LogP contribution is 2.21. The predicted molar refractivity (Wildman–Crippen MR) is 96.0 cm³/mol. The Morgan fingerprint density at radius 2 is 2.09 bits per heavy atom. The molecule has 1 amide bonds. The van der Waals surface area contributed by atoms with Crippen LogP contribution in [0.4, 0.5) is 0 Å². The van der Waals surface area contributed by atoms with E-state index in [-0.39, 0.29) is 5.91 Å². The van der Waals surface area contributed by atoms with Crippen LogP contribution in [-0.2, 0) is 6.54 Å². The molecule has 4 nitrogen and oxygen atoms in total. The molecular formula is C17H15BrClN3O. The summed E-state index contributed by atoms with van der Waals surface area (Å²) in [6.45, 7) is 3.13. The van der Waals surface area contributed by atoms with Gasteiger partial charge in [0.2, 0.25) is 0 Å². The van der Waals surface area contributed by atoms with Crippen LogP contribution in [0.3, 0.4) is 0 Å². The first-order valence-corrected chi connectivity index (χ1v) is 8.38. The summed E-state index contributed by atoms with van der Waals surface area (Å²) >= 11 is 9.43. The third-order valence-corrected chi connectivity index (χ3v) is 4.45. The SMILES string of the molecule is Cc1nc2ccccc2n1CCNC(=O)c1ccc(Br)cc1Cl. The predicted octanol–water partition coefficient (Wildman–Crippen LogP) is 4.19. The minimum atomic E-state index is -0.176. The van der Waals surface area contributed by atoms with Gasteiger partial charge in [0, 0.05) is 17.6 Å². The highest BCUT2D eigenvalue weighted by Gasteiger charge is 2.11. The lowest BCUT2D eigenvalue weighted by atomic mass is 10.2. The maximum absolute atomic E-state index is 12.2. The summed E-state index contributed by atoms with van der Waals surface area (Å²) in [4.78, 5) is 16.7. The van der Waals surface area contributed by atoms with Crippen LogP contribution in [0.1, 0.15) is 16.2 Å². The van der Waals surface area contributed by atoms with Gasteiger partial charge < -0.3 is 9.88 Å². The lowest BCUT2D eigenvalue weighted by Crippen LogP contribution is -2.27. The molecule has 23 heavy (non-hydrogen) atoms. The van der Waals surface area contributed by atoms with E-state index in [2.05, 4.69) is 30.8 Å². The van der Waals surface area contributed by atoms with E-state index in [4.69, 9.17) is 11.6 Å². The Morgan fingerprint density at radius 1 is 1.30 bits per heavy atom. The molecule has 1 aromatic heterocycles. The van der Waals surface area contributed by atoms with Crippen LogP contribution in [0.25, 0.3) is 11.0 Å². The van der Waals surface area contributed by atoms with Crippen LogP contribution in [-0.4, -0.2) is 22.0 Å². The largest absolute Gasteiger partial charge is 0.350 e. The fraction of sp³-hybridized carbons (Fsp3) is 0.176. The first kappa shape index (κ1) is 16.0. The molecule has 1 heterocycles. The van der Waals surface area contributed by atoms with E-state index in [0.29, 0.717) is 23.7 Å². The number of carbonyl (C=O) groups is 1. The van der Waals surface area contributed by atoms with Gasteiger partial charge in [-0.15, -0.1) is 0 Å². The van der Waals surface area contributed by atoms with Crippen molar-refractivity contribution < 1.29 is 4.79 Å². The van der Waals surface area contributed by atoms with Crippen molar-refractivity contribution in [3.05, 3.63) is 63.3 Å². The van der Waals surface area contributed by atoms with Crippen molar-refractivity contribution in [2.75, 3.05) is 6.54 Å². The van der Waals surface area contributed by atoms with E-state index in [1.165, 1.54) is 0 Å². The summed E-state index contributed by atoms with van der Waals surface area (Å²) in [7, 11) is 0. The van der Waals surface area contributed by atoms with Crippen LogP contribution in [0, 0.1) is 6.92 Å². The molecule has 0 spiro atoms. The molecule has 0 aliphatic rings. The molecule has 0 saturated heterocycles. The molecule has 0 radical (unpaired) electrons. The Kier molecular flexibility index (Phi) is 4.68. The Bertz CT molecular complexity index is 875. The number of fused-ring (bicyclic) bond motifs is 1. The van der Waals surface area contributed by atoms with Crippen LogP contribution >= 0.6 is 27.5 Å². The maximum Gasteiger partial charge on any atom is 0.252 e. The maximum atomic E-state index is 12.2. The van der Waals surface area contributed by atoms with Gasteiger partial charge in [0.15, 0.2) is 0 Å². The number of aromatic nitrogens is 2. The fourth-order valence-corrected chi connectivity index (χ4v) is 3.29. The average Bonchev–Trinajstić information content (AvgIpc) is 2.83. The van der Waals surface area contributed by atoms with Crippen LogP contribution < -0.4 is 5.32 Å². The molecule has 3 rings (SSSR count). The summed E-state index contributed by atoms with van der Waals surface area (Å²) in [5, 5.41) is 3.33. The van der Waals surface area contributed by atoms with Gasteiger partial charge in [0.1, 0.15) is 5.82 Å². The summed E-state index contributed by atoms with van der Waals surface area (Å²) < 4.78 is 2.94. The van der Waals surface area contributed by atoms with E-state index in [1.807, 2.05) is 31.2 Å². The second-order valence-electron chi connectivity index (χ2n) is 5.18. The molecule has 0 fully saturated rings. The number of nitrogens with zero attached hydrogens (tertiary/aromatic N) is 2. The number of benzene rings is 2. The van der Waals surface area contributed by atoms with Gasteiger partial charge in [-0.3, -0.25) is 4.79 Å². The topological polar surface area (TPSA) is 46.9 Å². The number of amides is 1. The highest BCUT2D eigenvalue weighted by atomic mass is 79.9. The Morgan fingerprint density at radius 3 is 2.87 bits per heavy atom. The molecule has 6 heteroatoms. The van der Waals surface area contributed by atoms with Crippen molar-refractivity contribution in [2.24, 2.45) is 0 Å². The molecule has 0 atom stereocenters. The van der Waals surface area contributed by atoms with Crippen molar-refractivity contribution in [3.63, 3.8) is 0 Å². The molecule has 2 aromatic carbocycles. The van der Waals surface area contributed by atoms with E-state index in [9.17, 15) is 4.79 Å². The molecule has 0 aliphatic heterocycles. The van der Waals surface area contributed by atoms with E-state index < -0.39 is 0 Å². The van der Waals surface area contributed by atoms with Crippen molar-refractivity contribution in [3.8, 4) is 0 Å².